The van der Waals surface area contributed by atoms with Crippen molar-refractivity contribution in [2.24, 2.45) is 0 Å². The second-order valence-electron chi connectivity index (χ2n) is 7.92. The second-order valence-corrected chi connectivity index (χ2v) is 10.4. The normalized spacial score (nSPS) is 19.4. The van der Waals surface area contributed by atoms with E-state index in [0.29, 0.717) is 13.1 Å². The van der Waals surface area contributed by atoms with E-state index < -0.39 is 38.7 Å². The molecule has 1 fully saturated rings. The third-order valence-corrected chi connectivity index (χ3v) is 7.15. The number of benzene rings is 2. The Morgan fingerprint density at radius 2 is 1.71 bits per heavy atom. The van der Waals surface area contributed by atoms with Crippen LogP contribution in [0.2, 0.25) is 10.0 Å². The summed E-state index contributed by atoms with van der Waals surface area (Å²) in [6.45, 7) is 5.79. The monoisotopic (exact) mass is 532 g/mol. The highest BCUT2D eigenvalue weighted by molar-refractivity contribution is 7.92. The molecule has 8 nitrogen and oxygen atoms in total. The molecule has 0 radical (unpaired) electrons. The van der Waals surface area contributed by atoms with E-state index in [4.69, 9.17) is 32.7 Å². The number of halogens is 3. The molecule has 1 amide bonds. The van der Waals surface area contributed by atoms with Crippen molar-refractivity contribution in [1.82, 2.24) is 4.90 Å². The molecule has 2 aromatic carbocycles. The maximum Gasteiger partial charge on any atom is 0.340 e. The summed E-state index contributed by atoms with van der Waals surface area (Å²) in [4.78, 5) is 26.6. The molecule has 1 saturated heterocycles. The van der Waals surface area contributed by atoms with E-state index in [1.54, 1.807) is 4.90 Å². The van der Waals surface area contributed by atoms with E-state index >= 15 is 0 Å². The lowest BCUT2D eigenvalue weighted by Crippen LogP contribution is -2.51. The van der Waals surface area contributed by atoms with E-state index in [0.717, 1.165) is 24.3 Å². The number of morpholine rings is 1. The van der Waals surface area contributed by atoms with Gasteiger partial charge in [-0.05, 0) is 57.2 Å². The number of anilines is 1. The van der Waals surface area contributed by atoms with Gasteiger partial charge < -0.3 is 14.4 Å². The zero-order valence-corrected chi connectivity index (χ0v) is 20.9. The zero-order chi connectivity index (χ0) is 25.2. The summed E-state index contributed by atoms with van der Waals surface area (Å²) >= 11 is 12.2. The maximum absolute atomic E-state index is 13.1. The molecule has 1 aliphatic heterocycles. The lowest BCUT2D eigenvalue weighted by atomic mass is 10.2. The molecule has 3 atom stereocenters. The highest BCUT2D eigenvalue weighted by Gasteiger charge is 2.31. The van der Waals surface area contributed by atoms with Gasteiger partial charge in [-0.2, -0.15) is 0 Å². The molecule has 0 aromatic heterocycles. The molecule has 1 aliphatic rings. The van der Waals surface area contributed by atoms with E-state index in [1.165, 1.54) is 19.1 Å². The summed E-state index contributed by atoms with van der Waals surface area (Å²) < 4.78 is 51.9. The van der Waals surface area contributed by atoms with Crippen molar-refractivity contribution in [2.45, 2.75) is 44.0 Å². The first kappa shape index (κ1) is 26.2. The van der Waals surface area contributed by atoms with E-state index in [2.05, 4.69) is 4.72 Å². The number of sulfonamides is 1. The molecular formula is C22H23Cl2FN2O6S. The van der Waals surface area contributed by atoms with Gasteiger partial charge in [0.15, 0.2) is 6.10 Å². The minimum atomic E-state index is -4.26. The van der Waals surface area contributed by atoms with Crippen LogP contribution in [0.15, 0.2) is 41.3 Å². The van der Waals surface area contributed by atoms with Crippen molar-refractivity contribution in [1.29, 1.82) is 0 Å². The van der Waals surface area contributed by atoms with Crippen molar-refractivity contribution in [2.75, 3.05) is 17.8 Å². The van der Waals surface area contributed by atoms with Gasteiger partial charge in [0.2, 0.25) is 0 Å². The van der Waals surface area contributed by atoms with Gasteiger partial charge in [0, 0.05) is 18.8 Å². The molecule has 0 saturated carbocycles. The smallest absolute Gasteiger partial charge is 0.340 e. The Kier molecular flexibility index (Phi) is 8.07. The maximum atomic E-state index is 13.1. The summed E-state index contributed by atoms with van der Waals surface area (Å²) in [5.41, 5.74) is -0.196. The number of esters is 1. The summed E-state index contributed by atoms with van der Waals surface area (Å²) in [5, 5.41) is -0.388. The van der Waals surface area contributed by atoms with Gasteiger partial charge in [-0.25, -0.2) is 17.6 Å². The Balaban J connectivity index is 1.80. The van der Waals surface area contributed by atoms with Crippen LogP contribution in [0.1, 0.15) is 31.1 Å². The standard InChI is InChI=1S/C22H23Cl2FN2O6S/c1-12-10-27(11-13(2)32-12)21(28)14(3)33-22(29)17-8-20(19(24)9-18(17)23)34(30,31)26-16-6-4-15(25)5-7-16/h4-9,12-14,26H,10-11H2,1-3H3/t12-,13+,14-/m0/s1. The molecule has 34 heavy (non-hydrogen) atoms. The molecule has 1 heterocycles. The molecule has 0 aliphatic carbocycles. The fraction of sp³-hybridized carbons (Fsp3) is 0.364. The minimum absolute atomic E-state index is 0.0877. The van der Waals surface area contributed by atoms with Crippen LogP contribution in [0.4, 0.5) is 10.1 Å². The number of hydrogen-bond donors (Lipinski definition) is 1. The van der Waals surface area contributed by atoms with Gasteiger partial charge in [0.1, 0.15) is 10.7 Å². The van der Waals surface area contributed by atoms with Crippen molar-refractivity contribution < 1.29 is 31.9 Å². The predicted molar refractivity (Wildman–Crippen MR) is 125 cm³/mol. The third kappa shape index (κ3) is 6.18. The molecular weight excluding hydrogens is 510 g/mol. The molecule has 12 heteroatoms. The van der Waals surface area contributed by atoms with Crippen LogP contribution in [0.25, 0.3) is 0 Å². The van der Waals surface area contributed by atoms with Gasteiger partial charge in [0.05, 0.1) is 27.8 Å². The van der Waals surface area contributed by atoms with Crippen LogP contribution in [0.3, 0.4) is 0 Å². The molecule has 1 N–H and O–H groups in total. The Morgan fingerprint density at radius 3 is 2.29 bits per heavy atom. The number of rotatable bonds is 6. The summed E-state index contributed by atoms with van der Waals surface area (Å²) in [5.74, 6) is -1.94. The first-order valence-corrected chi connectivity index (χ1v) is 12.5. The molecule has 0 unspecified atom stereocenters. The first-order valence-electron chi connectivity index (χ1n) is 10.3. The number of ether oxygens (including phenoxy) is 2. The average Bonchev–Trinajstić information content (AvgIpc) is 2.73. The first-order chi connectivity index (χ1) is 15.9. The topological polar surface area (TPSA) is 102 Å². The van der Waals surface area contributed by atoms with Gasteiger partial charge >= 0.3 is 5.97 Å². The van der Waals surface area contributed by atoms with Crippen molar-refractivity contribution in [3.05, 3.63) is 57.8 Å². The van der Waals surface area contributed by atoms with E-state index in [1.807, 2.05) is 13.8 Å². The quantitative estimate of drug-likeness (QED) is 0.561. The van der Waals surface area contributed by atoms with Gasteiger partial charge in [-0.3, -0.25) is 9.52 Å². The van der Waals surface area contributed by atoms with E-state index in [-0.39, 0.29) is 33.5 Å². The number of nitrogens with one attached hydrogen (secondary N) is 1. The predicted octanol–water partition coefficient (Wildman–Crippen LogP) is 4.11. The Morgan fingerprint density at radius 1 is 1.12 bits per heavy atom. The van der Waals surface area contributed by atoms with Gasteiger partial charge in [0.25, 0.3) is 15.9 Å². The van der Waals surface area contributed by atoms with Crippen molar-refractivity contribution in [3.63, 3.8) is 0 Å². The number of nitrogens with zero attached hydrogens (tertiary/aromatic N) is 1. The molecule has 184 valence electrons. The van der Waals surface area contributed by atoms with Crippen molar-refractivity contribution >= 4 is 50.8 Å². The SMILES string of the molecule is C[C@@H]1CN(C(=O)[C@H](C)OC(=O)c2cc(S(=O)(=O)Nc3ccc(F)cc3)c(Cl)cc2Cl)C[C@H](C)O1. The molecule has 0 bridgehead atoms. The Labute approximate surface area is 207 Å². The van der Waals surface area contributed by atoms with Gasteiger partial charge in [-0.15, -0.1) is 0 Å². The number of hydrogen-bond acceptors (Lipinski definition) is 6. The van der Waals surface area contributed by atoms with Gasteiger partial charge in [-0.1, -0.05) is 23.2 Å². The highest BCUT2D eigenvalue weighted by Crippen LogP contribution is 2.31. The molecule has 2 aromatic rings. The summed E-state index contributed by atoms with van der Waals surface area (Å²) in [6, 6.07) is 6.68. The number of carbonyl (C=O) groups excluding carboxylic acids is 2. The summed E-state index contributed by atoms with van der Waals surface area (Å²) in [6.07, 6.45) is -1.47. The summed E-state index contributed by atoms with van der Waals surface area (Å²) in [7, 11) is -4.26. The zero-order valence-electron chi connectivity index (χ0n) is 18.5. The number of carbonyl (C=O) groups is 2. The molecule has 0 spiro atoms. The molecule has 3 rings (SSSR count). The van der Waals surface area contributed by atoms with Crippen LogP contribution in [-0.4, -0.2) is 56.6 Å². The average molecular weight is 533 g/mol. The minimum Gasteiger partial charge on any atom is -0.449 e. The second kappa shape index (κ2) is 10.5. The van der Waals surface area contributed by atoms with E-state index in [9.17, 15) is 22.4 Å². The van der Waals surface area contributed by atoms with Crippen LogP contribution >= 0.6 is 23.2 Å². The third-order valence-electron chi connectivity index (χ3n) is 4.99. The van der Waals surface area contributed by atoms with Crippen LogP contribution in [0, 0.1) is 5.82 Å². The lowest BCUT2D eigenvalue weighted by molar-refractivity contribution is -0.151. The fourth-order valence-corrected chi connectivity index (χ4v) is 5.42. The van der Waals surface area contributed by atoms with Crippen LogP contribution in [0.5, 0.6) is 0 Å². The largest absolute Gasteiger partial charge is 0.449 e. The number of amides is 1. The van der Waals surface area contributed by atoms with Crippen molar-refractivity contribution in [3.8, 4) is 0 Å². The van der Waals surface area contributed by atoms with Crippen LogP contribution < -0.4 is 4.72 Å². The fourth-order valence-electron chi connectivity index (χ4n) is 3.51. The lowest BCUT2D eigenvalue weighted by Gasteiger charge is -2.36. The highest BCUT2D eigenvalue weighted by atomic mass is 35.5. The van der Waals surface area contributed by atoms with Crippen LogP contribution in [-0.2, 0) is 24.3 Å². The Bertz CT molecular complexity index is 1180. The Hall–Kier alpha value is -2.40.